The second kappa shape index (κ2) is 9.75. The number of carbonyl (C=O) groups excluding carboxylic acids is 1. The number of benzene rings is 1. The number of hydrogen-bond donors (Lipinski definition) is 1. The summed E-state index contributed by atoms with van der Waals surface area (Å²) in [6.45, 7) is 0.630. The van der Waals surface area contributed by atoms with Gasteiger partial charge in [0.15, 0.2) is 0 Å². The summed E-state index contributed by atoms with van der Waals surface area (Å²) in [5, 5.41) is 3.23. The third-order valence-electron chi connectivity index (χ3n) is 4.16. The van der Waals surface area contributed by atoms with Crippen LogP contribution in [0.15, 0.2) is 60.9 Å². The first-order chi connectivity index (χ1) is 14.1. The molecule has 150 valence electrons. The van der Waals surface area contributed by atoms with Crippen molar-refractivity contribution in [1.29, 1.82) is 0 Å². The van der Waals surface area contributed by atoms with Gasteiger partial charge in [0.2, 0.25) is 0 Å². The van der Waals surface area contributed by atoms with Gasteiger partial charge in [0.25, 0.3) is 0 Å². The summed E-state index contributed by atoms with van der Waals surface area (Å²) in [4.78, 5) is 23.3. The lowest BCUT2D eigenvalue weighted by Crippen LogP contribution is -2.34. The Kier molecular flexibility index (Phi) is 6.86. The summed E-state index contributed by atoms with van der Waals surface area (Å²) in [7, 11) is 3.03. The third-order valence-corrected chi connectivity index (χ3v) is 4.46. The number of urea groups is 1. The van der Waals surface area contributed by atoms with E-state index in [9.17, 15) is 4.79 Å². The molecule has 29 heavy (non-hydrogen) atoms. The van der Waals surface area contributed by atoms with Crippen molar-refractivity contribution in [3.63, 3.8) is 0 Å². The van der Waals surface area contributed by atoms with Crippen LogP contribution in [0, 0.1) is 0 Å². The Morgan fingerprint density at radius 1 is 0.966 bits per heavy atom. The smallest absolute Gasteiger partial charge is 0.322 e. The van der Waals surface area contributed by atoms with E-state index in [4.69, 9.17) is 21.1 Å². The van der Waals surface area contributed by atoms with Gasteiger partial charge in [-0.15, -0.1) is 0 Å². The predicted octanol–water partition coefficient (Wildman–Crippen LogP) is 4.38. The zero-order chi connectivity index (χ0) is 20.6. The minimum atomic E-state index is -0.333. The number of hydrogen-bond acceptors (Lipinski definition) is 5. The van der Waals surface area contributed by atoms with Crippen molar-refractivity contribution in [2.24, 2.45) is 0 Å². The molecule has 2 aromatic heterocycles. The van der Waals surface area contributed by atoms with E-state index in [-0.39, 0.29) is 6.03 Å². The Morgan fingerprint density at radius 2 is 1.55 bits per heavy atom. The van der Waals surface area contributed by atoms with Crippen LogP contribution in [0.5, 0.6) is 11.5 Å². The number of pyridine rings is 2. The van der Waals surface area contributed by atoms with Crippen molar-refractivity contribution >= 4 is 23.3 Å². The highest BCUT2D eigenvalue weighted by atomic mass is 35.5. The van der Waals surface area contributed by atoms with Crippen molar-refractivity contribution in [2.45, 2.75) is 13.1 Å². The highest BCUT2D eigenvalue weighted by molar-refractivity contribution is 6.32. The number of halogens is 1. The van der Waals surface area contributed by atoms with Gasteiger partial charge in [0.1, 0.15) is 11.5 Å². The summed E-state index contributed by atoms with van der Waals surface area (Å²) < 4.78 is 10.6. The molecule has 2 heterocycles. The number of ether oxygens (including phenoxy) is 2. The molecule has 1 N–H and O–H groups in total. The van der Waals surface area contributed by atoms with Crippen LogP contribution in [0.1, 0.15) is 11.4 Å². The maximum atomic E-state index is 13.1. The second-order valence-corrected chi connectivity index (χ2v) is 6.52. The average molecular weight is 413 g/mol. The molecule has 0 radical (unpaired) electrons. The largest absolute Gasteiger partial charge is 0.495 e. The molecule has 1 aromatic carbocycles. The van der Waals surface area contributed by atoms with E-state index in [2.05, 4.69) is 15.3 Å². The Balaban J connectivity index is 1.85. The molecule has 3 rings (SSSR count). The van der Waals surface area contributed by atoms with Crippen LogP contribution >= 0.6 is 11.6 Å². The van der Waals surface area contributed by atoms with Gasteiger partial charge in [-0.1, -0.05) is 23.7 Å². The van der Waals surface area contributed by atoms with E-state index in [1.165, 1.54) is 14.2 Å². The molecule has 0 aliphatic heterocycles. The molecular formula is C21H21ClN4O3. The predicted molar refractivity (Wildman–Crippen MR) is 111 cm³/mol. The zero-order valence-corrected chi connectivity index (χ0v) is 16.9. The van der Waals surface area contributed by atoms with Gasteiger partial charge in [-0.2, -0.15) is 0 Å². The topological polar surface area (TPSA) is 76.6 Å². The molecule has 0 bridgehead atoms. The standard InChI is InChI=1S/C21H21ClN4O3/c1-28-19-12-20(29-2)18(11-17(19)22)25-21(27)26(13-15-7-3-5-9-23-15)14-16-8-4-6-10-24-16/h3-12H,13-14H2,1-2H3,(H,25,27). The normalized spacial score (nSPS) is 10.3. The van der Waals surface area contributed by atoms with Gasteiger partial charge in [-0.3, -0.25) is 9.97 Å². The fourth-order valence-electron chi connectivity index (χ4n) is 2.73. The number of anilines is 1. The van der Waals surface area contributed by atoms with Crippen LogP contribution in [0.25, 0.3) is 0 Å². The minimum Gasteiger partial charge on any atom is -0.495 e. The molecule has 3 aromatic rings. The number of rotatable bonds is 7. The number of amides is 2. The molecule has 0 fully saturated rings. The van der Waals surface area contributed by atoms with Crippen LogP contribution < -0.4 is 14.8 Å². The molecule has 0 unspecified atom stereocenters. The Hall–Kier alpha value is -3.32. The van der Waals surface area contributed by atoms with Gasteiger partial charge >= 0.3 is 6.03 Å². The van der Waals surface area contributed by atoms with E-state index < -0.39 is 0 Å². The highest BCUT2D eigenvalue weighted by Gasteiger charge is 2.19. The molecule has 2 amide bonds. The van der Waals surface area contributed by atoms with E-state index in [1.807, 2.05) is 36.4 Å². The van der Waals surface area contributed by atoms with E-state index in [0.717, 1.165) is 11.4 Å². The zero-order valence-electron chi connectivity index (χ0n) is 16.1. The summed E-state index contributed by atoms with van der Waals surface area (Å²) >= 11 is 6.22. The maximum absolute atomic E-state index is 13.1. The highest BCUT2D eigenvalue weighted by Crippen LogP contribution is 2.36. The second-order valence-electron chi connectivity index (χ2n) is 6.12. The number of aromatic nitrogens is 2. The molecule has 0 aliphatic carbocycles. The fraction of sp³-hybridized carbons (Fsp3) is 0.190. The maximum Gasteiger partial charge on any atom is 0.322 e. The molecule has 0 saturated carbocycles. The quantitative estimate of drug-likeness (QED) is 0.623. The van der Waals surface area contributed by atoms with Gasteiger partial charge in [0.05, 0.1) is 49.4 Å². The molecule has 0 aliphatic rings. The molecule has 8 heteroatoms. The van der Waals surface area contributed by atoms with Crippen LogP contribution in [-0.2, 0) is 13.1 Å². The van der Waals surface area contributed by atoms with Crippen molar-refractivity contribution in [3.05, 3.63) is 77.3 Å². The van der Waals surface area contributed by atoms with Crippen molar-refractivity contribution in [2.75, 3.05) is 19.5 Å². The lowest BCUT2D eigenvalue weighted by atomic mass is 10.2. The van der Waals surface area contributed by atoms with Gasteiger partial charge < -0.3 is 19.7 Å². The summed E-state index contributed by atoms with van der Waals surface area (Å²) in [6.07, 6.45) is 3.39. The average Bonchev–Trinajstić information content (AvgIpc) is 2.75. The summed E-state index contributed by atoms with van der Waals surface area (Å²) in [5.41, 5.74) is 1.96. The molecule has 0 atom stereocenters. The third kappa shape index (κ3) is 5.36. The lowest BCUT2D eigenvalue weighted by Gasteiger charge is -2.23. The van der Waals surface area contributed by atoms with Crippen molar-refractivity contribution < 1.29 is 14.3 Å². The van der Waals surface area contributed by atoms with Crippen molar-refractivity contribution in [3.8, 4) is 11.5 Å². The Morgan fingerprint density at radius 3 is 2.03 bits per heavy atom. The first kappa shape index (κ1) is 20.4. The van der Waals surface area contributed by atoms with Crippen molar-refractivity contribution in [1.82, 2.24) is 14.9 Å². The number of methoxy groups -OCH3 is 2. The van der Waals surface area contributed by atoms with E-state index >= 15 is 0 Å². The monoisotopic (exact) mass is 412 g/mol. The summed E-state index contributed by atoms with van der Waals surface area (Å²) in [5.74, 6) is 0.899. The van der Waals surface area contributed by atoms with Crippen LogP contribution in [0.4, 0.5) is 10.5 Å². The van der Waals surface area contributed by atoms with Gasteiger partial charge in [0, 0.05) is 18.5 Å². The Labute approximate surface area is 174 Å². The lowest BCUT2D eigenvalue weighted by molar-refractivity contribution is 0.205. The fourth-order valence-corrected chi connectivity index (χ4v) is 2.97. The molecular weight excluding hydrogens is 392 g/mol. The molecule has 7 nitrogen and oxygen atoms in total. The number of nitrogens with one attached hydrogen (secondary N) is 1. The molecule has 0 saturated heterocycles. The van der Waals surface area contributed by atoms with Gasteiger partial charge in [-0.25, -0.2) is 4.79 Å². The minimum absolute atomic E-state index is 0.315. The van der Waals surface area contributed by atoms with Gasteiger partial charge in [-0.05, 0) is 30.3 Å². The van der Waals surface area contributed by atoms with E-state index in [0.29, 0.717) is 35.3 Å². The first-order valence-corrected chi connectivity index (χ1v) is 9.25. The van der Waals surface area contributed by atoms with E-state index in [1.54, 1.807) is 29.4 Å². The number of carbonyl (C=O) groups is 1. The van der Waals surface area contributed by atoms with Crippen LogP contribution in [0.2, 0.25) is 5.02 Å². The Bertz CT molecular complexity index is 913. The van der Waals surface area contributed by atoms with Crippen LogP contribution in [0.3, 0.4) is 0 Å². The molecule has 0 spiro atoms. The first-order valence-electron chi connectivity index (χ1n) is 8.88. The van der Waals surface area contributed by atoms with Crippen LogP contribution in [-0.4, -0.2) is 35.1 Å². The SMILES string of the molecule is COc1cc(OC)c(NC(=O)N(Cc2ccccn2)Cc2ccccn2)cc1Cl. The number of nitrogens with zero attached hydrogens (tertiary/aromatic N) is 3. The summed E-state index contributed by atoms with van der Waals surface area (Å²) in [6, 6.07) is 14.0.